The highest BCUT2D eigenvalue weighted by Crippen LogP contribution is 2.28. The molecule has 0 aromatic carbocycles. The second-order valence-electron chi connectivity index (χ2n) is 4.66. The van der Waals surface area contributed by atoms with E-state index in [4.69, 9.17) is 11.6 Å². The fourth-order valence-corrected chi connectivity index (χ4v) is 2.65. The fraction of sp³-hybridized carbons (Fsp3) is 1.00. The third kappa shape index (κ3) is 4.18. The summed E-state index contributed by atoms with van der Waals surface area (Å²) in [5.74, 6) is 0.713. The van der Waals surface area contributed by atoms with Crippen molar-refractivity contribution in [2.75, 3.05) is 6.54 Å². The maximum atomic E-state index is 6.30. The molecule has 14 heavy (non-hydrogen) atoms. The van der Waals surface area contributed by atoms with Crippen LogP contribution in [0.25, 0.3) is 0 Å². The predicted octanol–water partition coefficient (Wildman–Crippen LogP) is 3.56. The Hall–Kier alpha value is 0.250. The topological polar surface area (TPSA) is 12.0 Å². The summed E-state index contributed by atoms with van der Waals surface area (Å²) in [5, 5.41) is 4.02. The molecule has 0 bridgehead atoms. The Bertz CT molecular complexity index is 149. The van der Waals surface area contributed by atoms with Gasteiger partial charge in [0.2, 0.25) is 0 Å². The molecule has 0 radical (unpaired) electrons. The van der Waals surface area contributed by atoms with E-state index < -0.39 is 0 Å². The van der Waals surface area contributed by atoms with Crippen molar-refractivity contribution in [2.45, 2.75) is 63.8 Å². The van der Waals surface area contributed by atoms with Gasteiger partial charge >= 0.3 is 0 Å². The first-order chi connectivity index (χ1) is 6.74. The molecule has 0 saturated heterocycles. The molecule has 0 amide bonds. The summed E-state index contributed by atoms with van der Waals surface area (Å²) < 4.78 is 0. The minimum atomic E-state index is 0.421. The van der Waals surface area contributed by atoms with Crippen LogP contribution >= 0.6 is 11.6 Å². The Kier molecular flexibility index (Phi) is 5.88. The van der Waals surface area contributed by atoms with Crippen molar-refractivity contribution in [2.24, 2.45) is 5.92 Å². The lowest BCUT2D eigenvalue weighted by molar-refractivity contribution is 0.332. The zero-order valence-electron chi connectivity index (χ0n) is 9.56. The van der Waals surface area contributed by atoms with E-state index in [-0.39, 0.29) is 0 Å². The van der Waals surface area contributed by atoms with Crippen LogP contribution in [0, 0.1) is 5.92 Å². The van der Waals surface area contributed by atoms with Crippen LogP contribution in [0.4, 0.5) is 0 Å². The number of hydrogen-bond acceptors (Lipinski definition) is 1. The Morgan fingerprint density at radius 3 is 2.71 bits per heavy atom. The number of alkyl halides is 1. The molecule has 1 rings (SSSR count). The molecule has 0 aromatic rings. The molecular weight excluding hydrogens is 194 g/mol. The van der Waals surface area contributed by atoms with Gasteiger partial charge in [0.1, 0.15) is 0 Å². The van der Waals surface area contributed by atoms with Gasteiger partial charge in [-0.05, 0) is 38.6 Å². The van der Waals surface area contributed by atoms with Gasteiger partial charge in [0.25, 0.3) is 0 Å². The van der Waals surface area contributed by atoms with Crippen LogP contribution in [-0.4, -0.2) is 18.0 Å². The van der Waals surface area contributed by atoms with E-state index in [1.807, 2.05) is 0 Å². The molecular formula is C12H24ClN. The van der Waals surface area contributed by atoms with E-state index in [0.29, 0.717) is 17.3 Å². The van der Waals surface area contributed by atoms with E-state index in [0.717, 1.165) is 6.54 Å². The largest absolute Gasteiger partial charge is 0.314 e. The summed E-state index contributed by atoms with van der Waals surface area (Å²) in [4.78, 5) is 0. The van der Waals surface area contributed by atoms with E-state index in [2.05, 4.69) is 19.2 Å². The van der Waals surface area contributed by atoms with Crippen molar-refractivity contribution < 1.29 is 0 Å². The lowest BCUT2D eigenvalue weighted by atomic mass is 9.88. The van der Waals surface area contributed by atoms with Crippen molar-refractivity contribution in [1.82, 2.24) is 5.32 Å². The molecule has 1 saturated carbocycles. The smallest absolute Gasteiger partial charge is 0.0376 e. The zero-order valence-corrected chi connectivity index (χ0v) is 10.3. The minimum Gasteiger partial charge on any atom is -0.314 e. The van der Waals surface area contributed by atoms with Crippen LogP contribution < -0.4 is 5.32 Å². The molecule has 1 fully saturated rings. The van der Waals surface area contributed by atoms with Gasteiger partial charge in [-0.3, -0.25) is 0 Å². The highest BCUT2D eigenvalue weighted by Gasteiger charge is 2.22. The zero-order chi connectivity index (χ0) is 10.4. The average Bonchev–Trinajstić information content (AvgIpc) is 2.17. The third-order valence-electron chi connectivity index (χ3n) is 3.27. The van der Waals surface area contributed by atoms with Gasteiger partial charge in [-0.2, -0.15) is 0 Å². The summed E-state index contributed by atoms with van der Waals surface area (Å²) in [6, 6.07) is 0.658. The fourth-order valence-electron chi connectivity index (χ4n) is 2.28. The highest BCUT2D eigenvalue weighted by molar-refractivity contribution is 6.20. The molecule has 0 aliphatic heterocycles. The van der Waals surface area contributed by atoms with Crippen molar-refractivity contribution in [3.8, 4) is 0 Å². The van der Waals surface area contributed by atoms with Crippen molar-refractivity contribution in [1.29, 1.82) is 0 Å². The van der Waals surface area contributed by atoms with E-state index in [9.17, 15) is 0 Å². The lowest BCUT2D eigenvalue weighted by Gasteiger charge is -2.28. The van der Waals surface area contributed by atoms with Gasteiger partial charge in [-0.15, -0.1) is 11.6 Å². The summed E-state index contributed by atoms with van der Waals surface area (Å²) in [5.41, 5.74) is 0. The quantitative estimate of drug-likeness (QED) is 0.695. The Morgan fingerprint density at radius 2 is 2.07 bits per heavy atom. The Labute approximate surface area is 93.6 Å². The summed E-state index contributed by atoms with van der Waals surface area (Å²) in [6.45, 7) is 5.63. The van der Waals surface area contributed by atoms with Gasteiger partial charge in [-0.25, -0.2) is 0 Å². The van der Waals surface area contributed by atoms with E-state index in [1.165, 1.54) is 38.5 Å². The summed E-state index contributed by atoms with van der Waals surface area (Å²) in [6.07, 6.45) is 7.78. The third-order valence-corrected chi connectivity index (χ3v) is 3.84. The molecule has 0 aromatic heterocycles. The van der Waals surface area contributed by atoms with Gasteiger partial charge in [0.05, 0.1) is 0 Å². The minimum absolute atomic E-state index is 0.421. The normalized spacial score (nSPS) is 30.2. The van der Waals surface area contributed by atoms with Gasteiger partial charge < -0.3 is 5.32 Å². The molecule has 3 unspecified atom stereocenters. The van der Waals surface area contributed by atoms with Crippen molar-refractivity contribution >= 4 is 11.6 Å². The lowest BCUT2D eigenvalue weighted by Crippen LogP contribution is -2.35. The standard InChI is InChI=1S/C12H24ClN/c1-3-6-10(2)14-9-11-7-4-5-8-12(11)13/h10-12,14H,3-9H2,1-2H3. The molecule has 1 aliphatic carbocycles. The summed E-state index contributed by atoms with van der Waals surface area (Å²) in [7, 11) is 0. The molecule has 0 spiro atoms. The van der Waals surface area contributed by atoms with Crippen LogP contribution in [0.3, 0.4) is 0 Å². The SMILES string of the molecule is CCCC(C)NCC1CCCCC1Cl. The second-order valence-corrected chi connectivity index (χ2v) is 5.22. The summed E-state index contributed by atoms with van der Waals surface area (Å²) >= 11 is 6.30. The van der Waals surface area contributed by atoms with E-state index in [1.54, 1.807) is 0 Å². The number of hydrogen-bond donors (Lipinski definition) is 1. The monoisotopic (exact) mass is 217 g/mol. The predicted molar refractivity (Wildman–Crippen MR) is 64.0 cm³/mol. The molecule has 1 aliphatic rings. The van der Waals surface area contributed by atoms with Gasteiger partial charge in [0, 0.05) is 11.4 Å². The highest BCUT2D eigenvalue weighted by atomic mass is 35.5. The molecule has 1 N–H and O–H groups in total. The second kappa shape index (κ2) is 6.68. The molecule has 84 valence electrons. The van der Waals surface area contributed by atoms with Crippen molar-refractivity contribution in [3.05, 3.63) is 0 Å². The number of nitrogens with one attached hydrogen (secondary N) is 1. The molecule has 2 heteroatoms. The number of halogens is 1. The van der Waals surface area contributed by atoms with Gasteiger partial charge in [0.15, 0.2) is 0 Å². The average molecular weight is 218 g/mol. The maximum Gasteiger partial charge on any atom is 0.0376 e. The first-order valence-electron chi connectivity index (χ1n) is 6.11. The van der Waals surface area contributed by atoms with Crippen molar-refractivity contribution in [3.63, 3.8) is 0 Å². The first-order valence-corrected chi connectivity index (χ1v) is 6.55. The maximum absolute atomic E-state index is 6.30. The van der Waals surface area contributed by atoms with Crippen LogP contribution in [0.2, 0.25) is 0 Å². The molecule has 0 heterocycles. The van der Waals surface area contributed by atoms with Crippen LogP contribution in [0.1, 0.15) is 52.4 Å². The van der Waals surface area contributed by atoms with Crippen LogP contribution in [-0.2, 0) is 0 Å². The Balaban J connectivity index is 2.15. The first kappa shape index (κ1) is 12.3. The number of rotatable bonds is 5. The molecule has 3 atom stereocenters. The Morgan fingerprint density at radius 1 is 1.36 bits per heavy atom. The van der Waals surface area contributed by atoms with Gasteiger partial charge in [-0.1, -0.05) is 26.2 Å². The van der Waals surface area contributed by atoms with E-state index >= 15 is 0 Å². The van der Waals surface area contributed by atoms with Crippen LogP contribution in [0.15, 0.2) is 0 Å². The van der Waals surface area contributed by atoms with Crippen LogP contribution in [0.5, 0.6) is 0 Å². The molecule has 1 nitrogen and oxygen atoms in total.